The summed E-state index contributed by atoms with van der Waals surface area (Å²) in [6.45, 7) is 5.78. The first kappa shape index (κ1) is 22.4. The van der Waals surface area contributed by atoms with Gasteiger partial charge in [-0.15, -0.1) is 12.4 Å². The Hall–Kier alpha value is -0.850. The first-order valence-corrected chi connectivity index (χ1v) is 10.5. The Bertz CT molecular complexity index is 489. The lowest BCUT2D eigenvalue weighted by atomic mass is 9.86. The van der Waals surface area contributed by atoms with Gasteiger partial charge in [0.1, 0.15) is 0 Å². The van der Waals surface area contributed by atoms with Crippen LogP contribution >= 0.6 is 12.4 Å². The maximum absolute atomic E-state index is 12.9. The van der Waals surface area contributed by atoms with Gasteiger partial charge < -0.3 is 20.3 Å². The standard InChI is InChI=1S/C20H35N3O3.ClH/c1-15-3-5-17(6-4-15)23-14-16(13-19(23)24)20(25)22-10-7-18(8-11-22)26-12-2-9-21;/h15-18H,2-14,21H2,1H3;1H. The van der Waals surface area contributed by atoms with Crippen LogP contribution < -0.4 is 5.73 Å². The van der Waals surface area contributed by atoms with Gasteiger partial charge in [0.25, 0.3) is 0 Å². The summed E-state index contributed by atoms with van der Waals surface area (Å²) in [7, 11) is 0. The van der Waals surface area contributed by atoms with Gasteiger partial charge in [-0.1, -0.05) is 6.92 Å². The van der Waals surface area contributed by atoms with Crippen LogP contribution in [0.4, 0.5) is 0 Å². The predicted octanol–water partition coefficient (Wildman–Crippen LogP) is 2.19. The summed E-state index contributed by atoms with van der Waals surface area (Å²) in [6.07, 6.45) is 7.91. The second-order valence-electron chi connectivity index (χ2n) is 8.40. The molecule has 0 aromatic carbocycles. The molecule has 3 fully saturated rings. The number of carbonyl (C=O) groups is 2. The first-order valence-electron chi connectivity index (χ1n) is 10.5. The molecule has 1 unspecified atom stereocenters. The average molecular weight is 402 g/mol. The highest BCUT2D eigenvalue weighted by molar-refractivity contribution is 5.89. The molecule has 0 spiro atoms. The highest BCUT2D eigenvalue weighted by Crippen LogP contribution is 2.32. The van der Waals surface area contributed by atoms with Crippen molar-refractivity contribution < 1.29 is 14.3 Å². The van der Waals surface area contributed by atoms with E-state index >= 15 is 0 Å². The Morgan fingerprint density at radius 2 is 1.81 bits per heavy atom. The number of carbonyl (C=O) groups excluding carboxylic acids is 2. The van der Waals surface area contributed by atoms with Gasteiger partial charge in [0.15, 0.2) is 0 Å². The zero-order chi connectivity index (χ0) is 18.5. The van der Waals surface area contributed by atoms with Crippen LogP contribution in [-0.4, -0.2) is 66.5 Å². The van der Waals surface area contributed by atoms with E-state index in [0.717, 1.165) is 51.1 Å². The van der Waals surface area contributed by atoms with Gasteiger partial charge in [-0.2, -0.15) is 0 Å². The van der Waals surface area contributed by atoms with Crippen LogP contribution in [0.1, 0.15) is 58.3 Å². The molecule has 3 aliphatic rings. The third kappa shape index (κ3) is 5.81. The smallest absolute Gasteiger partial charge is 0.227 e. The summed E-state index contributed by atoms with van der Waals surface area (Å²) < 4.78 is 5.82. The second-order valence-corrected chi connectivity index (χ2v) is 8.40. The molecule has 2 N–H and O–H groups in total. The number of amides is 2. The zero-order valence-electron chi connectivity index (χ0n) is 16.6. The van der Waals surface area contributed by atoms with Crippen molar-refractivity contribution in [2.45, 2.75) is 70.4 Å². The van der Waals surface area contributed by atoms with E-state index in [4.69, 9.17) is 10.5 Å². The largest absolute Gasteiger partial charge is 0.378 e. The fourth-order valence-electron chi connectivity index (χ4n) is 4.64. The molecule has 1 saturated carbocycles. The molecular formula is C20H36ClN3O3. The number of rotatable bonds is 6. The number of hydrogen-bond donors (Lipinski definition) is 1. The average Bonchev–Trinajstić information content (AvgIpc) is 3.04. The molecule has 3 rings (SSSR count). The monoisotopic (exact) mass is 401 g/mol. The third-order valence-corrected chi connectivity index (χ3v) is 6.39. The molecule has 0 bridgehead atoms. The highest BCUT2D eigenvalue weighted by atomic mass is 35.5. The van der Waals surface area contributed by atoms with Crippen LogP contribution in [0.3, 0.4) is 0 Å². The number of nitrogens with zero attached hydrogens (tertiary/aromatic N) is 2. The fraction of sp³-hybridized carbons (Fsp3) is 0.900. The van der Waals surface area contributed by atoms with Crippen LogP contribution in [-0.2, 0) is 14.3 Å². The molecule has 1 atom stereocenters. The number of ether oxygens (including phenoxy) is 1. The van der Waals surface area contributed by atoms with Crippen molar-refractivity contribution in [3.05, 3.63) is 0 Å². The van der Waals surface area contributed by atoms with E-state index in [-0.39, 0.29) is 36.2 Å². The molecule has 2 amide bonds. The van der Waals surface area contributed by atoms with Crippen molar-refractivity contribution in [3.8, 4) is 0 Å². The van der Waals surface area contributed by atoms with E-state index in [9.17, 15) is 9.59 Å². The lowest BCUT2D eigenvalue weighted by Gasteiger charge is -2.35. The fourth-order valence-corrected chi connectivity index (χ4v) is 4.64. The summed E-state index contributed by atoms with van der Waals surface area (Å²) in [4.78, 5) is 29.3. The molecule has 1 aliphatic carbocycles. The Kier molecular flexibility index (Phi) is 8.83. The van der Waals surface area contributed by atoms with Gasteiger partial charge in [0.2, 0.25) is 11.8 Å². The van der Waals surface area contributed by atoms with Crippen molar-refractivity contribution >= 4 is 24.2 Å². The summed E-state index contributed by atoms with van der Waals surface area (Å²) in [5.41, 5.74) is 5.49. The quantitative estimate of drug-likeness (QED) is 0.692. The van der Waals surface area contributed by atoms with E-state index in [1.54, 1.807) is 0 Å². The van der Waals surface area contributed by atoms with Gasteiger partial charge in [-0.25, -0.2) is 0 Å². The Balaban J connectivity index is 0.00000261. The van der Waals surface area contributed by atoms with Crippen molar-refractivity contribution in [2.24, 2.45) is 17.6 Å². The van der Waals surface area contributed by atoms with Crippen LogP contribution in [0.2, 0.25) is 0 Å². The van der Waals surface area contributed by atoms with Crippen molar-refractivity contribution in [2.75, 3.05) is 32.8 Å². The lowest BCUT2D eigenvalue weighted by Crippen LogP contribution is -2.45. The van der Waals surface area contributed by atoms with Crippen molar-refractivity contribution in [1.82, 2.24) is 9.80 Å². The number of piperidine rings is 1. The molecule has 2 saturated heterocycles. The van der Waals surface area contributed by atoms with Crippen LogP contribution in [0, 0.1) is 11.8 Å². The molecule has 0 aromatic heterocycles. The van der Waals surface area contributed by atoms with Gasteiger partial charge in [0, 0.05) is 38.7 Å². The van der Waals surface area contributed by atoms with E-state index in [1.807, 2.05) is 9.80 Å². The predicted molar refractivity (Wildman–Crippen MR) is 108 cm³/mol. The Morgan fingerprint density at radius 3 is 2.44 bits per heavy atom. The molecule has 2 aliphatic heterocycles. The van der Waals surface area contributed by atoms with Crippen LogP contribution in [0.15, 0.2) is 0 Å². The summed E-state index contributed by atoms with van der Waals surface area (Å²) in [5, 5.41) is 0. The van der Waals surface area contributed by atoms with Gasteiger partial charge >= 0.3 is 0 Å². The minimum absolute atomic E-state index is 0. The Morgan fingerprint density at radius 1 is 1.15 bits per heavy atom. The minimum Gasteiger partial charge on any atom is -0.378 e. The molecule has 0 aromatic rings. The van der Waals surface area contributed by atoms with E-state index < -0.39 is 0 Å². The molecule has 6 nitrogen and oxygen atoms in total. The van der Waals surface area contributed by atoms with Gasteiger partial charge in [-0.3, -0.25) is 9.59 Å². The first-order chi connectivity index (χ1) is 12.6. The van der Waals surface area contributed by atoms with Gasteiger partial charge in [0.05, 0.1) is 12.0 Å². The van der Waals surface area contributed by atoms with E-state index in [2.05, 4.69) is 6.92 Å². The topological polar surface area (TPSA) is 75.9 Å². The number of nitrogens with two attached hydrogens (primary N) is 1. The van der Waals surface area contributed by atoms with E-state index in [0.29, 0.717) is 32.2 Å². The third-order valence-electron chi connectivity index (χ3n) is 6.39. The number of hydrogen-bond acceptors (Lipinski definition) is 4. The molecular weight excluding hydrogens is 366 g/mol. The maximum atomic E-state index is 12.9. The molecule has 27 heavy (non-hydrogen) atoms. The molecule has 156 valence electrons. The van der Waals surface area contributed by atoms with Gasteiger partial charge in [-0.05, 0) is 57.4 Å². The summed E-state index contributed by atoms with van der Waals surface area (Å²) >= 11 is 0. The molecule has 0 radical (unpaired) electrons. The van der Waals surface area contributed by atoms with Crippen molar-refractivity contribution in [1.29, 1.82) is 0 Å². The summed E-state index contributed by atoms with van der Waals surface area (Å²) in [5.74, 6) is 0.986. The lowest BCUT2D eigenvalue weighted by molar-refractivity contribution is -0.138. The maximum Gasteiger partial charge on any atom is 0.227 e. The SMILES string of the molecule is CC1CCC(N2CC(C(=O)N3CCC(OCCCN)CC3)CC2=O)CC1.Cl. The molecule has 7 heteroatoms. The van der Waals surface area contributed by atoms with Crippen LogP contribution in [0.5, 0.6) is 0 Å². The van der Waals surface area contributed by atoms with E-state index in [1.165, 1.54) is 12.8 Å². The van der Waals surface area contributed by atoms with Crippen molar-refractivity contribution in [3.63, 3.8) is 0 Å². The second kappa shape index (κ2) is 10.6. The highest BCUT2D eigenvalue weighted by Gasteiger charge is 2.40. The normalized spacial score (nSPS) is 29.7. The van der Waals surface area contributed by atoms with Crippen LogP contribution in [0.25, 0.3) is 0 Å². The molecule has 2 heterocycles. The minimum atomic E-state index is -0.142. The summed E-state index contributed by atoms with van der Waals surface area (Å²) in [6, 6.07) is 0.359. The number of likely N-dealkylation sites (tertiary alicyclic amines) is 2. The number of halogens is 1. The zero-order valence-corrected chi connectivity index (χ0v) is 17.4. The Labute approximate surface area is 169 Å².